The Morgan fingerprint density at radius 3 is 2.75 bits per heavy atom. The van der Waals surface area contributed by atoms with E-state index in [1.54, 1.807) is 6.07 Å². The highest BCUT2D eigenvalue weighted by atomic mass is 35.5. The molecule has 2 rings (SSSR count). The highest BCUT2D eigenvalue weighted by Crippen LogP contribution is 2.36. The lowest BCUT2D eigenvalue weighted by Crippen LogP contribution is -2.12. The van der Waals surface area contributed by atoms with Crippen molar-refractivity contribution in [2.24, 2.45) is 0 Å². The predicted molar refractivity (Wildman–Crippen MR) is 46.1 cm³/mol. The molecular weight excluding hydrogens is 176 g/mol. The van der Waals surface area contributed by atoms with E-state index in [1.807, 2.05) is 12.1 Å². The molecule has 2 nitrogen and oxygen atoms in total. The van der Waals surface area contributed by atoms with Crippen LogP contribution in [0.3, 0.4) is 0 Å². The third kappa shape index (κ3) is 1.04. The average molecular weight is 185 g/mol. The van der Waals surface area contributed by atoms with Gasteiger partial charge in [0.1, 0.15) is 6.10 Å². The van der Waals surface area contributed by atoms with Gasteiger partial charge in [-0.3, -0.25) is 0 Å². The fraction of sp³-hybridized carbons (Fsp3) is 0.333. The van der Waals surface area contributed by atoms with Crippen LogP contribution in [0.1, 0.15) is 17.2 Å². The van der Waals surface area contributed by atoms with Gasteiger partial charge in [-0.25, -0.2) is 0 Å². The minimum Gasteiger partial charge on any atom is -0.390 e. The molecular formula is C9H9ClO2. The van der Waals surface area contributed by atoms with Crippen molar-refractivity contribution in [1.29, 1.82) is 0 Å². The zero-order valence-electron chi connectivity index (χ0n) is 6.37. The van der Waals surface area contributed by atoms with Crippen LogP contribution in [0.4, 0.5) is 0 Å². The molecule has 2 N–H and O–H groups in total. The van der Waals surface area contributed by atoms with Gasteiger partial charge in [0.05, 0.1) is 6.10 Å². The Morgan fingerprint density at radius 1 is 1.33 bits per heavy atom. The quantitative estimate of drug-likeness (QED) is 0.638. The highest BCUT2D eigenvalue weighted by molar-refractivity contribution is 6.31. The van der Waals surface area contributed by atoms with E-state index in [0.29, 0.717) is 17.0 Å². The Morgan fingerprint density at radius 2 is 2.08 bits per heavy atom. The zero-order chi connectivity index (χ0) is 8.72. The molecule has 0 saturated heterocycles. The van der Waals surface area contributed by atoms with E-state index in [4.69, 9.17) is 11.6 Å². The van der Waals surface area contributed by atoms with Crippen LogP contribution in [-0.2, 0) is 6.42 Å². The fourth-order valence-corrected chi connectivity index (χ4v) is 1.93. The van der Waals surface area contributed by atoms with Gasteiger partial charge in [-0.1, -0.05) is 23.7 Å². The van der Waals surface area contributed by atoms with Gasteiger partial charge in [0.2, 0.25) is 0 Å². The van der Waals surface area contributed by atoms with E-state index >= 15 is 0 Å². The minimum atomic E-state index is -0.811. The molecule has 1 aromatic carbocycles. The van der Waals surface area contributed by atoms with Gasteiger partial charge in [0, 0.05) is 17.0 Å². The number of fused-ring (bicyclic) bond motifs is 1. The van der Waals surface area contributed by atoms with Crippen molar-refractivity contribution in [3.05, 3.63) is 34.3 Å². The average Bonchev–Trinajstić information content (AvgIpc) is 2.29. The summed E-state index contributed by atoms with van der Waals surface area (Å²) < 4.78 is 0. The summed E-state index contributed by atoms with van der Waals surface area (Å²) in [5.74, 6) is 0. The molecule has 0 aliphatic heterocycles. The first kappa shape index (κ1) is 8.05. The summed E-state index contributed by atoms with van der Waals surface area (Å²) >= 11 is 5.86. The number of benzene rings is 1. The molecule has 1 aliphatic carbocycles. The van der Waals surface area contributed by atoms with Crippen LogP contribution in [0.5, 0.6) is 0 Å². The van der Waals surface area contributed by atoms with Crippen LogP contribution in [-0.4, -0.2) is 16.3 Å². The molecule has 0 fully saturated rings. The smallest absolute Gasteiger partial charge is 0.107 e. The van der Waals surface area contributed by atoms with Gasteiger partial charge in [-0.2, -0.15) is 0 Å². The van der Waals surface area contributed by atoms with E-state index in [0.717, 1.165) is 5.56 Å². The van der Waals surface area contributed by atoms with Crippen molar-refractivity contribution in [2.45, 2.75) is 18.6 Å². The van der Waals surface area contributed by atoms with Gasteiger partial charge in [-0.15, -0.1) is 0 Å². The molecule has 0 spiro atoms. The van der Waals surface area contributed by atoms with Gasteiger partial charge in [0.15, 0.2) is 0 Å². The maximum absolute atomic E-state index is 9.50. The van der Waals surface area contributed by atoms with Crippen molar-refractivity contribution in [3.63, 3.8) is 0 Å². The molecule has 0 unspecified atom stereocenters. The summed E-state index contributed by atoms with van der Waals surface area (Å²) in [7, 11) is 0. The zero-order valence-corrected chi connectivity index (χ0v) is 7.12. The number of aliphatic hydroxyl groups is 2. The van der Waals surface area contributed by atoms with Gasteiger partial charge in [-0.05, 0) is 11.6 Å². The normalized spacial score (nSPS) is 27.2. The molecule has 0 saturated carbocycles. The van der Waals surface area contributed by atoms with E-state index in [1.165, 1.54) is 0 Å². The topological polar surface area (TPSA) is 40.5 Å². The van der Waals surface area contributed by atoms with Crippen molar-refractivity contribution >= 4 is 11.6 Å². The first-order valence-corrected chi connectivity index (χ1v) is 4.21. The monoisotopic (exact) mass is 184 g/mol. The first-order valence-electron chi connectivity index (χ1n) is 3.83. The third-order valence-corrected chi connectivity index (χ3v) is 2.56. The van der Waals surface area contributed by atoms with Crippen LogP contribution in [0.15, 0.2) is 18.2 Å². The Bertz CT molecular complexity index is 311. The molecule has 0 aromatic heterocycles. The second kappa shape index (κ2) is 2.73. The largest absolute Gasteiger partial charge is 0.390 e. The number of hydrogen-bond donors (Lipinski definition) is 2. The lowest BCUT2D eigenvalue weighted by Gasteiger charge is -2.08. The molecule has 1 aromatic rings. The molecule has 64 valence electrons. The molecule has 1 aliphatic rings. The molecule has 0 heterocycles. The minimum absolute atomic E-state index is 0.497. The fourth-order valence-electron chi connectivity index (χ4n) is 1.62. The van der Waals surface area contributed by atoms with E-state index in [-0.39, 0.29) is 0 Å². The second-order valence-electron chi connectivity index (χ2n) is 3.03. The van der Waals surface area contributed by atoms with Gasteiger partial charge < -0.3 is 10.2 Å². The molecule has 12 heavy (non-hydrogen) atoms. The molecule has 0 amide bonds. The van der Waals surface area contributed by atoms with E-state index in [9.17, 15) is 10.2 Å². The number of hydrogen-bond acceptors (Lipinski definition) is 2. The Kier molecular flexibility index (Phi) is 1.83. The van der Waals surface area contributed by atoms with Crippen LogP contribution >= 0.6 is 11.6 Å². The van der Waals surface area contributed by atoms with Crippen LogP contribution in [0.25, 0.3) is 0 Å². The van der Waals surface area contributed by atoms with Crippen LogP contribution < -0.4 is 0 Å². The summed E-state index contributed by atoms with van der Waals surface area (Å²) in [5.41, 5.74) is 1.63. The molecule has 0 bridgehead atoms. The van der Waals surface area contributed by atoms with Crippen LogP contribution in [0, 0.1) is 0 Å². The number of rotatable bonds is 0. The number of aliphatic hydroxyl groups excluding tert-OH is 2. The Hall–Kier alpha value is -0.570. The molecule has 2 atom stereocenters. The summed E-state index contributed by atoms with van der Waals surface area (Å²) in [5, 5.41) is 19.4. The molecule has 3 heteroatoms. The lowest BCUT2D eigenvalue weighted by atomic mass is 10.1. The molecule has 0 radical (unpaired) electrons. The number of halogens is 1. The standard InChI is InChI=1S/C9H9ClO2/c10-6-3-1-2-5-4-7(11)9(12)8(5)6/h1-3,7,9,11-12H,4H2/t7-,9-/m1/s1. The maximum Gasteiger partial charge on any atom is 0.107 e. The van der Waals surface area contributed by atoms with E-state index in [2.05, 4.69) is 0 Å². The van der Waals surface area contributed by atoms with Crippen molar-refractivity contribution in [2.75, 3.05) is 0 Å². The third-order valence-electron chi connectivity index (χ3n) is 2.23. The summed E-state index contributed by atoms with van der Waals surface area (Å²) in [6.45, 7) is 0. The summed E-state index contributed by atoms with van der Waals surface area (Å²) in [6, 6.07) is 5.42. The SMILES string of the molecule is O[C@@H]1Cc2cccc(Cl)c2[C@@H]1O. The van der Waals surface area contributed by atoms with Gasteiger partial charge in [0.25, 0.3) is 0 Å². The van der Waals surface area contributed by atoms with Crippen molar-refractivity contribution in [1.82, 2.24) is 0 Å². The second-order valence-corrected chi connectivity index (χ2v) is 3.44. The maximum atomic E-state index is 9.50. The van der Waals surface area contributed by atoms with Crippen molar-refractivity contribution < 1.29 is 10.2 Å². The predicted octanol–water partition coefficient (Wildman–Crippen LogP) is 1.29. The summed E-state index contributed by atoms with van der Waals surface area (Å²) in [4.78, 5) is 0. The van der Waals surface area contributed by atoms with E-state index < -0.39 is 12.2 Å². The van der Waals surface area contributed by atoms with Gasteiger partial charge >= 0.3 is 0 Å². The first-order chi connectivity index (χ1) is 5.70. The van der Waals surface area contributed by atoms with Crippen LogP contribution in [0.2, 0.25) is 5.02 Å². The Balaban J connectivity index is 2.55. The lowest BCUT2D eigenvalue weighted by molar-refractivity contribution is 0.0327. The Labute approximate surface area is 75.4 Å². The summed E-state index contributed by atoms with van der Waals surface area (Å²) in [6.07, 6.45) is -1.01. The van der Waals surface area contributed by atoms with Crippen molar-refractivity contribution in [3.8, 4) is 0 Å². The highest BCUT2D eigenvalue weighted by Gasteiger charge is 2.30.